The lowest BCUT2D eigenvalue weighted by molar-refractivity contribution is 0.440. The van der Waals surface area contributed by atoms with Crippen LogP contribution >= 0.6 is 0 Å². The molecule has 1 atom stereocenters. The molecule has 3 heteroatoms. The molecule has 0 bridgehead atoms. The molecule has 0 fully saturated rings. The van der Waals surface area contributed by atoms with Crippen molar-refractivity contribution in [1.29, 1.82) is 0 Å². The Balaban J connectivity index is 2.28. The van der Waals surface area contributed by atoms with Gasteiger partial charge in [0.2, 0.25) is 0 Å². The van der Waals surface area contributed by atoms with Crippen LogP contribution in [0.2, 0.25) is 0 Å². The van der Waals surface area contributed by atoms with Crippen molar-refractivity contribution >= 4 is 0 Å². The molecular formula is C16H29N3. The van der Waals surface area contributed by atoms with Gasteiger partial charge in [-0.25, -0.2) is 4.98 Å². The average molecular weight is 263 g/mol. The van der Waals surface area contributed by atoms with E-state index in [1.807, 2.05) is 0 Å². The Morgan fingerprint density at radius 3 is 2.79 bits per heavy atom. The van der Waals surface area contributed by atoms with Crippen LogP contribution in [0.3, 0.4) is 0 Å². The van der Waals surface area contributed by atoms with Crippen LogP contribution in [0.15, 0.2) is 0 Å². The number of fused-ring (bicyclic) bond motifs is 1. The quantitative estimate of drug-likeness (QED) is 0.851. The largest absolute Gasteiger partial charge is 0.329 e. The van der Waals surface area contributed by atoms with Gasteiger partial charge in [-0.15, -0.1) is 0 Å². The van der Waals surface area contributed by atoms with E-state index in [2.05, 4.69) is 37.6 Å². The summed E-state index contributed by atoms with van der Waals surface area (Å²) < 4.78 is 2.56. The molecule has 108 valence electrons. The summed E-state index contributed by atoms with van der Waals surface area (Å²) in [4.78, 5) is 4.92. The molecule has 1 unspecified atom stereocenters. The van der Waals surface area contributed by atoms with Crippen LogP contribution < -0.4 is 5.32 Å². The molecule has 1 N–H and O–H groups in total. The van der Waals surface area contributed by atoms with Crippen molar-refractivity contribution in [2.75, 3.05) is 6.54 Å². The van der Waals surface area contributed by atoms with Gasteiger partial charge in [0.25, 0.3) is 0 Å². The standard InChI is InChI=1S/C16H29N3/c1-5-6-7-13(4)19-15-8-9-17-11-14(15)18-16(19)10-12(2)3/h12-13,17H,5-11H2,1-4H3. The molecule has 0 saturated carbocycles. The first-order valence-corrected chi connectivity index (χ1v) is 7.93. The summed E-state index contributed by atoms with van der Waals surface area (Å²) in [6, 6.07) is 0.600. The minimum Gasteiger partial charge on any atom is -0.329 e. The highest BCUT2D eigenvalue weighted by molar-refractivity contribution is 5.21. The second-order valence-corrected chi connectivity index (χ2v) is 6.31. The maximum absolute atomic E-state index is 4.92. The van der Waals surface area contributed by atoms with E-state index < -0.39 is 0 Å². The van der Waals surface area contributed by atoms with Crippen molar-refractivity contribution in [2.24, 2.45) is 5.92 Å². The number of imidazole rings is 1. The smallest absolute Gasteiger partial charge is 0.109 e. The predicted molar refractivity (Wildman–Crippen MR) is 80.4 cm³/mol. The lowest BCUT2D eigenvalue weighted by Crippen LogP contribution is -2.26. The molecule has 19 heavy (non-hydrogen) atoms. The average Bonchev–Trinajstić information content (AvgIpc) is 2.72. The lowest BCUT2D eigenvalue weighted by atomic mass is 10.1. The first-order valence-electron chi connectivity index (χ1n) is 7.93. The van der Waals surface area contributed by atoms with Crippen LogP contribution in [0.4, 0.5) is 0 Å². The van der Waals surface area contributed by atoms with Gasteiger partial charge >= 0.3 is 0 Å². The molecule has 3 nitrogen and oxygen atoms in total. The predicted octanol–water partition coefficient (Wildman–Crippen LogP) is 3.48. The lowest BCUT2D eigenvalue weighted by Gasteiger charge is -2.22. The van der Waals surface area contributed by atoms with Gasteiger partial charge in [-0.2, -0.15) is 0 Å². The van der Waals surface area contributed by atoms with Crippen molar-refractivity contribution in [2.45, 2.75) is 72.4 Å². The highest BCUT2D eigenvalue weighted by Gasteiger charge is 2.22. The normalized spacial score (nSPS) is 16.7. The minimum atomic E-state index is 0.600. The van der Waals surface area contributed by atoms with E-state index in [4.69, 9.17) is 4.98 Å². The fraction of sp³-hybridized carbons (Fsp3) is 0.812. The van der Waals surface area contributed by atoms with E-state index in [1.54, 1.807) is 0 Å². The van der Waals surface area contributed by atoms with Gasteiger partial charge in [0.05, 0.1) is 5.69 Å². The summed E-state index contributed by atoms with van der Waals surface area (Å²) in [6.07, 6.45) is 6.11. The van der Waals surface area contributed by atoms with Crippen LogP contribution in [0.5, 0.6) is 0 Å². The molecule has 1 aliphatic rings. The van der Waals surface area contributed by atoms with Crippen LogP contribution in [0.25, 0.3) is 0 Å². The Bertz CT molecular complexity index is 406. The van der Waals surface area contributed by atoms with Crippen LogP contribution in [0, 0.1) is 5.92 Å². The number of rotatable bonds is 6. The maximum atomic E-state index is 4.92. The zero-order valence-electron chi connectivity index (χ0n) is 13.0. The third kappa shape index (κ3) is 3.38. The molecule has 1 aromatic heterocycles. The zero-order chi connectivity index (χ0) is 13.8. The summed E-state index contributed by atoms with van der Waals surface area (Å²) in [6.45, 7) is 11.3. The van der Waals surface area contributed by atoms with E-state index in [-0.39, 0.29) is 0 Å². The van der Waals surface area contributed by atoms with Crippen molar-refractivity contribution in [1.82, 2.24) is 14.9 Å². The molecular weight excluding hydrogens is 234 g/mol. The highest BCUT2D eigenvalue weighted by atomic mass is 15.1. The number of hydrogen-bond donors (Lipinski definition) is 1. The van der Waals surface area contributed by atoms with Gasteiger partial charge in [0.15, 0.2) is 0 Å². The fourth-order valence-electron chi connectivity index (χ4n) is 3.05. The summed E-state index contributed by atoms with van der Waals surface area (Å²) in [5.41, 5.74) is 2.79. The second-order valence-electron chi connectivity index (χ2n) is 6.31. The van der Waals surface area contributed by atoms with Crippen molar-refractivity contribution < 1.29 is 0 Å². The first-order chi connectivity index (χ1) is 9.13. The van der Waals surface area contributed by atoms with E-state index in [0.717, 1.165) is 25.9 Å². The fourth-order valence-corrected chi connectivity index (χ4v) is 3.05. The number of nitrogens with zero attached hydrogens (tertiary/aromatic N) is 2. The summed E-state index contributed by atoms with van der Waals surface area (Å²) >= 11 is 0. The van der Waals surface area contributed by atoms with Crippen LogP contribution in [-0.4, -0.2) is 16.1 Å². The molecule has 2 rings (SSSR count). The summed E-state index contributed by atoms with van der Waals surface area (Å²) in [5, 5.41) is 3.44. The number of unbranched alkanes of at least 4 members (excludes halogenated alkanes) is 1. The van der Waals surface area contributed by atoms with Crippen LogP contribution in [-0.2, 0) is 19.4 Å². The van der Waals surface area contributed by atoms with Crippen molar-refractivity contribution in [3.63, 3.8) is 0 Å². The van der Waals surface area contributed by atoms with Gasteiger partial charge in [-0.1, -0.05) is 33.6 Å². The van der Waals surface area contributed by atoms with Gasteiger partial charge in [0.1, 0.15) is 5.82 Å². The van der Waals surface area contributed by atoms with E-state index in [9.17, 15) is 0 Å². The van der Waals surface area contributed by atoms with Gasteiger partial charge in [-0.3, -0.25) is 0 Å². The third-order valence-corrected chi connectivity index (χ3v) is 4.00. The van der Waals surface area contributed by atoms with Gasteiger partial charge in [0, 0.05) is 37.7 Å². The van der Waals surface area contributed by atoms with E-state index in [1.165, 1.54) is 36.5 Å². The maximum Gasteiger partial charge on any atom is 0.109 e. The number of aromatic nitrogens is 2. The molecule has 0 amide bonds. The Morgan fingerprint density at radius 2 is 2.11 bits per heavy atom. The Morgan fingerprint density at radius 1 is 1.32 bits per heavy atom. The molecule has 0 aliphatic carbocycles. The first kappa shape index (κ1) is 14.6. The number of hydrogen-bond acceptors (Lipinski definition) is 2. The monoisotopic (exact) mass is 263 g/mol. The van der Waals surface area contributed by atoms with Crippen LogP contribution in [0.1, 0.15) is 70.2 Å². The van der Waals surface area contributed by atoms with Crippen molar-refractivity contribution in [3.8, 4) is 0 Å². The third-order valence-electron chi connectivity index (χ3n) is 4.00. The topological polar surface area (TPSA) is 29.9 Å². The minimum absolute atomic E-state index is 0.600. The second kappa shape index (κ2) is 6.56. The molecule has 0 spiro atoms. The van der Waals surface area contributed by atoms with Gasteiger partial charge < -0.3 is 9.88 Å². The Kier molecular flexibility index (Phi) is 5.03. The molecule has 0 aromatic carbocycles. The molecule has 1 aromatic rings. The summed E-state index contributed by atoms with van der Waals surface area (Å²) in [5.74, 6) is 1.99. The SMILES string of the molecule is CCCCC(C)n1c(CC(C)C)nc2c1CCNC2. The molecule has 0 saturated heterocycles. The molecule has 1 aliphatic heterocycles. The Labute approximate surface area is 117 Å². The highest BCUT2D eigenvalue weighted by Crippen LogP contribution is 2.25. The molecule has 0 radical (unpaired) electrons. The zero-order valence-corrected chi connectivity index (χ0v) is 13.0. The molecule has 2 heterocycles. The Hall–Kier alpha value is -0.830. The van der Waals surface area contributed by atoms with Gasteiger partial charge in [-0.05, 0) is 19.3 Å². The number of nitrogens with one attached hydrogen (secondary N) is 1. The van der Waals surface area contributed by atoms with E-state index >= 15 is 0 Å². The van der Waals surface area contributed by atoms with E-state index in [0.29, 0.717) is 12.0 Å². The van der Waals surface area contributed by atoms with Crippen molar-refractivity contribution in [3.05, 3.63) is 17.2 Å². The summed E-state index contributed by atoms with van der Waals surface area (Å²) in [7, 11) is 0.